The molecule has 1 unspecified atom stereocenters. The number of anilines is 1. The van der Waals surface area contributed by atoms with Gasteiger partial charge in [0.15, 0.2) is 0 Å². The van der Waals surface area contributed by atoms with Crippen molar-refractivity contribution in [3.8, 4) is 16.3 Å². The van der Waals surface area contributed by atoms with Gasteiger partial charge in [0.25, 0.3) is 0 Å². The van der Waals surface area contributed by atoms with E-state index >= 15 is 0 Å². The fourth-order valence-corrected chi connectivity index (χ4v) is 5.90. The number of ether oxygens (including phenoxy) is 1. The van der Waals surface area contributed by atoms with E-state index in [-0.39, 0.29) is 18.6 Å². The lowest BCUT2D eigenvalue weighted by atomic mass is 10.1. The number of nitrogens with two attached hydrogens (primary N) is 1. The third-order valence-corrected chi connectivity index (χ3v) is 7.74. The van der Waals surface area contributed by atoms with E-state index in [2.05, 4.69) is 16.1 Å². The topological polar surface area (TPSA) is 93.1 Å². The predicted octanol–water partition coefficient (Wildman–Crippen LogP) is 4.85. The van der Waals surface area contributed by atoms with Crippen molar-refractivity contribution in [3.05, 3.63) is 70.3 Å². The van der Waals surface area contributed by atoms with Crippen LogP contribution < -0.4 is 15.4 Å². The Hall–Kier alpha value is -3.07. The van der Waals surface area contributed by atoms with Crippen molar-refractivity contribution in [2.24, 2.45) is 5.73 Å². The van der Waals surface area contributed by atoms with Crippen LogP contribution in [0.3, 0.4) is 0 Å². The molecule has 2 atom stereocenters. The molecule has 4 aromatic rings. The molecule has 0 radical (unpaired) electrons. The zero-order valence-electron chi connectivity index (χ0n) is 19.4. The Bertz CT molecular complexity index is 1370. The van der Waals surface area contributed by atoms with Gasteiger partial charge in [0.1, 0.15) is 17.5 Å². The number of thiophene rings is 1. The summed E-state index contributed by atoms with van der Waals surface area (Å²) in [5.41, 5.74) is 9.16. The first kappa shape index (κ1) is 23.7. The standard InChI is InChI=1S/C26H27ClN4O3S/c1-16(19-6-2-3-7-20(19)27)34-22-11-23(35-24(22)12-25(28)33)21-13-29-26-9-8-17(14-31(21)26)30-10-4-5-18(32)15-30/h2-3,6-9,11,13-14,16,18,32H,4-5,10,12,15H2,1H3,(H2,28,33)/t16-,18?/m1/s1. The van der Waals surface area contributed by atoms with Gasteiger partial charge in [0.2, 0.25) is 5.91 Å². The maximum absolute atomic E-state index is 11.8. The van der Waals surface area contributed by atoms with E-state index in [1.54, 1.807) is 0 Å². The van der Waals surface area contributed by atoms with E-state index in [9.17, 15) is 9.90 Å². The number of aromatic nitrogens is 2. The second-order valence-corrected chi connectivity index (χ2v) is 10.4. The van der Waals surface area contributed by atoms with E-state index in [4.69, 9.17) is 22.1 Å². The third-order valence-electron chi connectivity index (χ3n) is 6.26. The summed E-state index contributed by atoms with van der Waals surface area (Å²) in [6.07, 6.45) is 5.14. The average Bonchev–Trinajstić information content (AvgIpc) is 3.42. The Kier molecular flexibility index (Phi) is 6.69. The lowest BCUT2D eigenvalue weighted by molar-refractivity contribution is -0.117. The molecule has 3 N–H and O–H groups in total. The van der Waals surface area contributed by atoms with Gasteiger partial charge < -0.3 is 20.5 Å². The smallest absolute Gasteiger partial charge is 0.222 e. The second kappa shape index (κ2) is 9.89. The summed E-state index contributed by atoms with van der Waals surface area (Å²) < 4.78 is 8.33. The number of aliphatic hydroxyl groups is 1. The SMILES string of the molecule is C[C@@H](Oc1cc(-c2cnc3ccc(N4CCCC(O)C4)cn23)sc1CC(N)=O)c1ccccc1Cl. The van der Waals surface area contributed by atoms with Crippen LogP contribution in [-0.2, 0) is 11.2 Å². The number of fused-ring (bicyclic) bond motifs is 1. The third kappa shape index (κ3) is 5.00. The highest BCUT2D eigenvalue weighted by molar-refractivity contribution is 7.15. The summed E-state index contributed by atoms with van der Waals surface area (Å²) in [4.78, 5) is 20.2. The molecule has 1 fully saturated rings. The minimum absolute atomic E-state index is 0.0862. The Morgan fingerprint density at radius 2 is 2.17 bits per heavy atom. The fourth-order valence-electron chi connectivity index (χ4n) is 4.51. The van der Waals surface area contributed by atoms with Crippen LogP contribution in [0.5, 0.6) is 5.75 Å². The summed E-state index contributed by atoms with van der Waals surface area (Å²) in [6.45, 7) is 3.46. The Morgan fingerprint density at radius 3 is 2.94 bits per heavy atom. The molecule has 182 valence electrons. The number of amides is 1. The van der Waals surface area contributed by atoms with E-state index in [0.29, 0.717) is 17.3 Å². The van der Waals surface area contributed by atoms with Crippen molar-refractivity contribution in [1.82, 2.24) is 9.38 Å². The van der Waals surface area contributed by atoms with Gasteiger partial charge in [-0.15, -0.1) is 11.3 Å². The largest absolute Gasteiger partial charge is 0.485 e. The summed E-state index contributed by atoms with van der Waals surface area (Å²) >= 11 is 7.84. The first-order valence-corrected chi connectivity index (χ1v) is 12.8. The summed E-state index contributed by atoms with van der Waals surface area (Å²) in [5.74, 6) is 0.194. The quantitative estimate of drug-likeness (QED) is 0.371. The van der Waals surface area contributed by atoms with Gasteiger partial charge in [0, 0.05) is 35.9 Å². The molecule has 9 heteroatoms. The van der Waals surface area contributed by atoms with Crippen LogP contribution in [0.4, 0.5) is 5.69 Å². The van der Waals surface area contributed by atoms with E-state index in [0.717, 1.165) is 51.7 Å². The van der Waals surface area contributed by atoms with Crippen molar-refractivity contribution in [1.29, 1.82) is 0 Å². The van der Waals surface area contributed by atoms with Gasteiger partial charge in [-0.25, -0.2) is 4.98 Å². The second-order valence-electron chi connectivity index (χ2n) is 8.82. The number of carbonyl (C=O) groups excluding carboxylic acids is 1. The van der Waals surface area contributed by atoms with E-state index in [1.165, 1.54) is 11.3 Å². The molecule has 3 aromatic heterocycles. The van der Waals surface area contributed by atoms with Crippen LogP contribution in [0.2, 0.25) is 5.02 Å². The lowest BCUT2D eigenvalue weighted by Crippen LogP contribution is -2.38. The molecule has 35 heavy (non-hydrogen) atoms. The first-order chi connectivity index (χ1) is 16.9. The molecule has 0 aliphatic carbocycles. The van der Waals surface area contributed by atoms with E-state index < -0.39 is 5.91 Å². The number of nitrogens with zero attached hydrogens (tertiary/aromatic N) is 3. The Balaban J connectivity index is 1.50. The van der Waals surface area contributed by atoms with Gasteiger partial charge in [-0.05, 0) is 38.0 Å². The van der Waals surface area contributed by atoms with Gasteiger partial charge in [-0.1, -0.05) is 29.8 Å². The molecular formula is C26H27ClN4O3S. The number of halogens is 1. The molecule has 5 rings (SSSR count). The summed E-state index contributed by atoms with van der Waals surface area (Å²) in [5, 5.41) is 10.7. The number of piperidine rings is 1. The van der Waals surface area contributed by atoms with Crippen LogP contribution in [0, 0.1) is 0 Å². The monoisotopic (exact) mass is 510 g/mol. The minimum atomic E-state index is -0.419. The highest BCUT2D eigenvalue weighted by Gasteiger charge is 2.21. The number of hydrogen-bond donors (Lipinski definition) is 2. The molecule has 0 spiro atoms. The van der Waals surface area contributed by atoms with Crippen LogP contribution in [0.15, 0.2) is 54.9 Å². The fraction of sp³-hybridized carbons (Fsp3) is 0.308. The van der Waals surface area contributed by atoms with Crippen molar-refractivity contribution < 1.29 is 14.6 Å². The maximum atomic E-state index is 11.8. The van der Waals surface area contributed by atoms with Gasteiger partial charge in [-0.3, -0.25) is 9.20 Å². The maximum Gasteiger partial charge on any atom is 0.222 e. The molecule has 1 saturated heterocycles. The number of benzene rings is 1. The summed E-state index contributed by atoms with van der Waals surface area (Å²) in [7, 11) is 0. The van der Waals surface area contributed by atoms with Crippen LogP contribution in [0.1, 0.15) is 36.3 Å². The zero-order chi connectivity index (χ0) is 24.5. The number of hydrogen-bond acceptors (Lipinski definition) is 6. The van der Waals surface area contributed by atoms with Crippen LogP contribution in [-0.4, -0.2) is 39.6 Å². The number of primary amides is 1. The average molecular weight is 511 g/mol. The molecule has 1 amide bonds. The zero-order valence-corrected chi connectivity index (χ0v) is 20.9. The number of pyridine rings is 1. The Morgan fingerprint density at radius 1 is 1.34 bits per heavy atom. The number of aliphatic hydroxyl groups excluding tert-OH is 1. The van der Waals surface area contributed by atoms with Crippen LogP contribution in [0.25, 0.3) is 16.2 Å². The molecule has 7 nitrogen and oxygen atoms in total. The Labute approximate surface area is 212 Å². The van der Waals surface area contributed by atoms with Crippen molar-refractivity contribution in [2.75, 3.05) is 18.0 Å². The number of imidazole rings is 1. The summed E-state index contributed by atoms with van der Waals surface area (Å²) in [6, 6.07) is 13.5. The lowest BCUT2D eigenvalue weighted by Gasteiger charge is -2.31. The molecule has 0 bridgehead atoms. The molecular weight excluding hydrogens is 484 g/mol. The number of β-amino-alcohol motifs (C(OH)–C–C–N with tert-alkyl or cyclic N) is 1. The normalized spacial score (nSPS) is 17.0. The highest BCUT2D eigenvalue weighted by atomic mass is 35.5. The van der Waals surface area contributed by atoms with Gasteiger partial charge in [0.05, 0.1) is 39.9 Å². The predicted molar refractivity (Wildman–Crippen MR) is 139 cm³/mol. The molecule has 1 aliphatic heterocycles. The molecule has 1 aromatic carbocycles. The van der Waals surface area contributed by atoms with Crippen molar-refractivity contribution in [2.45, 2.75) is 38.4 Å². The van der Waals surface area contributed by atoms with Crippen LogP contribution >= 0.6 is 22.9 Å². The molecule has 0 saturated carbocycles. The van der Waals surface area contributed by atoms with E-state index in [1.807, 2.05) is 60.0 Å². The number of carbonyl (C=O) groups is 1. The number of rotatable bonds is 7. The molecule has 1 aliphatic rings. The highest BCUT2D eigenvalue weighted by Crippen LogP contribution is 2.40. The molecule has 4 heterocycles. The van der Waals surface area contributed by atoms with Gasteiger partial charge >= 0.3 is 0 Å². The first-order valence-electron chi connectivity index (χ1n) is 11.6. The van der Waals surface area contributed by atoms with Gasteiger partial charge in [-0.2, -0.15) is 0 Å². The van der Waals surface area contributed by atoms with Crippen molar-refractivity contribution >= 4 is 40.2 Å². The van der Waals surface area contributed by atoms with Crippen molar-refractivity contribution in [3.63, 3.8) is 0 Å². The minimum Gasteiger partial charge on any atom is -0.485 e.